The van der Waals surface area contributed by atoms with Crippen LogP contribution in [0, 0.1) is 11.8 Å². The lowest BCUT2D eigenvalue weighted by molar-refractivity contribution is -0.123. The smallest absolute Gasteiger partial charge is 0.254 e. The number of pyridine rings is 1. The number of aryl methyl sites for hydroxylation is 2. The number of methoxy groups -OCH3 is 1. The average molecular weight is 596 g/mol. The standard InChI is InChI=1S/C34H41N7O3/c1-18-25-10-8-20-15-28(40(31(20)37-25)12-6-4-5-7-19-13-23(19)33(42)36-18)32-38-26-14-21(16-29(44-3)30(26)39(32)2)34(43)41-22-9-11-27(41)24(35)17-22/h8,10,14-16,18-19,22-24,27H,4-7,9,11-13,17,35H2,1-3H3,(H,36,42)/t18-,19+,22+,23+,24-,27-/m1/s1. The van der Waals surface area contributed by atoms with Crippen molar-refractivity contribution in [2.75, 3.05) is 7.11 Å². The van der Waals surface area contributed by atoms with Crippen LogP contribution in [-0.4, -0.2) is 61.1 Å². The van der Waals surface area contributed by atoms with Crippen molar-refractivity contribution in [2.24, 2.45) is 24.6 Å². The monoisotopic (exact) mass is 595 g/mol. The average Bonchev–Trinajstić information content (AvgIpc) is 3.24. The van der Waals surface area contributed by atoms with E-state index in [9.17, 15) is 9.59 Å². The molecule has 6 heterocycles. The molecule has 230 valence electrons. The summed E-state index contributed by atoms with van der Waals surface area (Å²) in [6.45, 7) is 2.84. The molecule has 0 radical (unpaired) electrons. The number of nitrogens with one attached hydrogen (secondary N) is 1. The zero-order valence-corrected chi connectivity index (χ0v) is 25.8. The van der Waals surface area contributed by atoms with Crippen LogP contribution in [-0.2, 0) is 18.4 Å². The van der Waals surface area contributed by atoms with Gasteiger partial charge in [0.15, 0.2) is 5.82 Å². The first-order chi connectivity index (χ1) is 21.3. The molecule has 3 aliphatic heterocycles. The molecule has 3 N–H and O–H groups in total. The first-order valence-corrected chi connectivity index (χ1v) is 16.3. The number of hydrogen-bond acceptors (Lipinski definition) is 6. The van der Waals surface area contributed by atoms with E-state index in [0.717, 1.165) is 97.2 Å². The van der Waals surface area contributed by atoms with Crippen LogP contribution in [0.2, 0.25) is 0 Å². The largest absolute Gasteiger partial charge is 0.494 e. The molecule has 1 aliphatic carbocycles. The van der Waals surface area contributed by atoms with Crippen molar-refractivity contribution < 1.29 is 14.3 Å². The molecule has 3 fully saturated rings. The number of imidazole rings is 1. The van der Waals surface area contributed by atoms with Gasteiger partial charge in [-0.15, -0.1) is 0 Å². The number of ether oxygens (including phenoxy) is 1. The Bertz CT molecular complexity index is 1810. The number of rotatable bonds is 3. The number of carbonyl (C=O) groups is 2. The summed E-state index contributed by atoms with van der Waals surface area (Å²) >= 11 is 0. The molecule has 2 amide bonds. The highest BCUT2D eigenvalue weighted by Gasteiger charge is 2.47. The number of benzene rings is 1. The van der Waals surface area contributed by atoms with Crippen molar-refractivity contribution in [1.82, 2.24) is 29.3 Å². The van der Waals surface area contributed by atoms with Crippen molar-refractivity contribution in [2.45, 2.75) is 89.0 Å². The fourth-order valence-corrected chi connectivity index (χ4v) is 8.25. The van der Waals surface area contributed by atoms with E-state index in [1.54, 1.807) is 7.11 Å². The van der Waals surface area contributed by atoms with Gasteiger partial charge in [0, 0.05) is 48.6 Å². The summed E-state index contributed by atoms with van der Waals surface area (Å²) in [6, 6.07) is 10.2. The summed E-state index contributed by atoms with van der Waals surface area (Å²) in [4.78, 5) is 38.9. The Balaban J connectivity index is 1.21. The molecule has 3 aromatic heterocycles. The molecule has 10 nitrogen and oxygen atoms in total. The van der Waals surface area contributed by atoms with E-state index in [1.165, 1.54) is 0 Å². The minimum atomic E-state index is -0.167. The Morgan fingerprint density at radius 3 is 2.70 bits per heavy atom. The summed E-state index contributed by atoms with van der Waals surface area (Å²) in [5.41, 5.74) is 11.3. The zero-order chi connectivity index (χ0) is 30.3. The molecular weight excluding hydrogens is 554 g/mol. The van der Waals surface area contributed by atoms with Crippen molar-refractivity contribution in [3.8, 4) is 17.3 Å². The zero-order valence-electron chi connectivity index (χ0n) is 25.8. The number of nitrogens with zero attached hydrogens (tertiary/aromatic N) is 5. The van der Waals surface area contributed by atoms with Crippen LogP contribution >= 0.6 is 0 Å². The third kappa shape index (κ3) is 4.32. The van der Waals surface area contributed by atoms with Gasteiger partial charge in [-0.05, 0) is 81.7 Å². The van der Waals surface area contributed by atoms with E-state index >= 15 is 0 Å². The maximum absolute atomic E-state index is 13.8. The maximum Gasteiger partial charge on any atom is 0.254 e. The van der Waals surface area contributed by atoms with Gasteiger partial charge in [-0.25, -0.2) is 9.97 Å². The van der Waals surface area contributed by atoms with Gasteiger partial charge in [-0.3, -0.25) is 9.59 Å². The normalized spacial score (nSPS) is 28.4. The highest BCUT2D eigenvalue weighted by molar-refractivity contribution is 6.00. The Morgan fingerprint density at radius 2 is 1.93 bits per heavy atom. The fraction of sp³-hybridized carbons (Fsp3) is 0.529. The number of amides is 2. The van der Waals surface area contributed by atoms with Crippen LogP contribution < -0.4 is 15.8 Å². The lowest BCUT2D eigenvalue weighted by Crippen LogP contribution is -2.40. The first kappa shape index (κ1) is 27.6. The number of hydrogen-bond donors (Lipinski definition) is 2. The van der Waals surface area contributed by atoms with Gasteiger partial charge < -0.3 is 29.8 Å². The van der Waals surface area contributed by atoms with E-state index in [4.69, 9.17) is 20.4 Å². The van der Waals surface area contributed by atoms with Gasteiger partial charge in [-0.2, -0.15) is 0 Å². The third-order valence-electron chi connectivity index (χ3n) is 10.7. The molecule has 8 rings (SSSR count). The summed E-state index contributed by atoms with van der Waals surface area (Å²) < 4.78 is 10.2. The molecule has 44 heavy (non-hydrogen) atoms. The van der Waals surface area contributed by atoms with Crippen LogP contribution in [0.1, 0.15) is 80.4 Å². The van der Waals surface area contributed by atoms with Gasteiger partial charge >= 0.3 is 0 Å². The third-order valence-corrected chi connectivity index (χ3v) is 10.7. The molecule has 1 aromatic carbocycles. The minimum Gasteiger partial charge on any atom is -0.494 e. The molecule has 0 spiro atoms. The second-order valence-corrected chi connectivity index (χ2v) is 13.5. The van der Waals surface area contributed by atoms with Crippen molar-refractivity contribution >= 4 is 33.9 Å². The summed E-state index contributed by atoms with van der Waals surface area (Å²) in [5.74, 6) is 2.27. The van der Waals surface area contributed by atoms with Crippen LogP contribution in [0.15, 0.2) is 30.3 Å². The predicted molar refractivity (Wildman–Crippen MR) is 168 cm³/mol. The van der Waals surface area contributed by atoms with E-state index in [0.29, 0.717) is 17.2 Å². The number of fused-ring (bicyclic) bond motifs is 5. The lowest BCUT2D eigenvalue weighted by atomic mass is 9.97. The maximum atomic E-state index is 13.8. The number of nitrogens with two attached hydrogens (primary N) is 1. The predicted octanol–water partition coefficient (Wildman–Crippen LogP) is 4.69. The molecular formula is C34H41N7O3. The van der Waals surface area contributed by atoms with Crippen LogP contribution in [0.5, 0.6) is 5.75 Å². The molecule has 4 bridgehead atoms. The van der Waals surface area contributed by atoms with Gasteiger partial charge in [-0.1, -0.05) is 12.8 Å². The van der Waals surface area contributed by atoms with Crippen molar-refractivity contribution in [1.29, 1.82) is 0 Å². The Hall–Kier alpha value is -3.92. The van der Waals surface area contributed by atoms with Gasteiger partial charge in [0.25, 0.3) is 5.91 Å². The Morgan fingerprint density at radius 1 is 1.07 bits per heavy atom. The van der Waals surface area contributed by atoms with E-state index in [1.807, 2.05) is 37.1 Å². The highest BCUT2D eigenvalue weighted by atomic mass is 16.5. The Labute approximate surface area is 256 Å². The first-order valence-electron chi connectivity index (χ1n) is 16.3. The number of aromatic nitrogens is 4. The minimum absolute atomic E-state index is 0.00980. The Kier molecular flexibility index (Phi) is 6.48. The summed E-state index contributed by atoms with van der Waals surface area (Å²) in [5, 5.41) is 4.25. The van der Waals surface area contributed by atoms with E-state index < -0.39 is 0 Å². The molecule has 1 saturated carbocycles. The van der Waals surface area contributed by atoms with Crippen LogP contribution in [0.4, 0.5) is 0 Å². The van der Waals surface area contributed by atoms with E-state index in [-0.39, 0.29) is 41.9 Å². The molecule has 4 aliphatic rings. The molecule has 10 heteroatoms. The topological polar surface area (TPSA) is 120 Å². The van der Waals surface area contributed by atoms with Crippen molar-refractivity contribution in [3.05, 3.63) is 41.6 Å². The summed E-state index contributed by atoms with van der Waals surface area (Å²) in [7, 11) is 3.65. The van der Waals surface area contributed by atoms with Crippen molar-refractivity contribution in [3.63, 3.8) is 0 Å². The van der Waals surface area contributed by atoms with Gasteiger partial charge in [0.05, 0.1) is 30.1 Å². The molecule has 6 atom stereocenters. The van der Waals surface area contributed by atoms with Gasteiger partial charge in [0.1, 0.15) is 16.9 Å². The highest BCUT2D eigenvalue weighted by Crippen LogP contribution is 2.43. The van der Waals surface area contributed by atoms with Gasteiger partial charge in [0.2, 0.25) is 5.91 Å². The summed E-state index contributed by atoms with van der Waals surface area (Å²) in [6.07, 6.45) is 8.22. The molecule has 0 unspecified atom stereocenters. The van der Waals surface area contributed by atoms with E-state index in [2.05, 4.69) is 26.6 Å². The van der Waals surface area contributed by atoms with Crippen LogP contribution in [0.3, 0.4) is 0 Å². The second-order valence-electron chi connectivity index (χ2n) is 13.5. The second kappa shape index (κ2) is 10.3. The molecule has 2 saturated heterocycles. The van der Waals surface area contributed by atoms with Crippen LogP contribution in [0.25, 0.3) is 33.6 Å². The fourth-order valence-electron chi connectivity index (χ4n) is 8.25. The number of carbonyl (C=O) groups excluding carboxylic acids is 2. The lowest BCUT2D eigenvalue weighted by Gasteiger charge is -2.23. The SMILES string of the molecule is COc1cc(C(=O)N2[C@H]3CC[C@@H]2[C@H](N)C3)cc2nc(-c3cc4ccc5nc4n3CCCCC[C@H]3C[C@@H]3C(=O)N[C@@H]5C)n(C)c12. The quantitative estimate of drug-likeness (QED) is 0.355. The molecule has 4 aromatic rings.